The second-order valence-corrected chi connectivity index (χ2v) is 7.46. The molecule has 7 heteroatoms. The Morgan fingerprint density at radius 1 is 1.20 bits per heavy atom. The zero-order chi connectivity index (χ0) is 14.8. The molecule has 0 aliphatic carbocycles. The van der Waals surface area contributed by atoms with Crippen molar-refractivity contribution in [3.63, 3.8) is 0 Å². The third kappa shape index (κ3) is 3.24. The van der Waals surface area contributed by atoms with Gasteiger partial charge >= 0.3 is 0 Å². The number of carbonyl (C=O) groups excluding carboxylic acids is 1. The molecule has 0 saturated carbocycles. The van der Waals surface area contributed by atoms with E-state index in [4.69, 9.17) is 5.73 Å². The maximum atomic E-state index is 12.2. The Hall–Kier alpha value is -1.70. The molecule has 1 amide bonds. The van der Waals surface area contributed by atoms with Crippen molar-refractivity contribution >= 4 is 27.3 Å². The largest absolute Gasteiger partial charge is 0.368 e. The summed E-state index contributed by atoms with van der Waals surface area (Å²) >= 11 is 1.14. The number of sulfonamides is 1. The Balaban J connectivity index is 2.32. The van der Waals surface area contributed by atoms with E-state index in [1.165, 1.54) is 6.07 Å². The van der Waals surface area contributed by atoms with E-state index in [9.17, 15) is 13.2 Å². The molecule has 0 saturated heterocycles. The summed E-state index contributed by atoms with van der Waals surface area (Å²) in [6.07, 6.45) is 0. The van der Waals surface area contributed by atoms with Crippen LogP contribution in [0.25, 0.3) is 0 Å². The number of rotatable bonds is 5. The molecule has 1 atom stereocenters. The van der Waals surface area contributed by atoms with Crippen LogP contribution in [0.2, 0.25) is 0 Å². The molecule has 0 radical (unpaired) electrons. The summed E-state index contributed by atoms with van der Waals surface area (Å²) in [5, 5.41) is 0. The standard InChI is InChI=1S/C13H14N2O3S2/c1-9-7-8-11(19-9)20(17,18)15-12(13(14)16)10-5-3-2-4-6-10/h2-8,12,15H,1H3,(H2,14,16)/t12-/m0/s1. The smallest absolute Gasteiger partial charge is 0.251 e. The number of nitrogens with two attached hydrogens (primary N) is 1. The summed E-state index contributed by atoms with van der Waals surface area (Å²) in [6.45, 7) is 1.81. The highest BCUT2D eigenvalue weighted by molar-refractivity contribution is 7.91. The molecular formula is C13H14N2O3S2. The van der Waals surface area contributed by atoms with Crippen LogP contribution in [0.3, 0.4) is 0 Å². The van der Waals surface area contributed by atoms with Crippen LogP contribution in [0.5, 0.6) is 0 Å². The van der Waals surface area contributed by atoms with Gasteiger partial charge in [-0.1, -0.05) is 30.3 Å². The van der Waals surface area contributed by atoms with E-state index in [1.807, 2.05) is 6.92 Å². The fourth-order valence-electron chi connectivity index (χ4n) is 1.71. The molecule has 2 rings (SSSR count). The Kier molecular flexibility index (Phi) is 4.22. The van der Waals surface area contributed by atoms with Gasteiger partial charge in [0.15, 0.2) is 0 Å². The highest BCUT2D eigenvalue weighted by Gasteiger charge is 2.26. The Bertz CT molecular complexity index is 708. The van der Waals surface area contributed by atoms with Crippen LogP contribution in [-0.4, -0.2) is 14.3 Å². The van der Waals surface area contributed by atoms with E-state index in [0.29, 0.717) is 5.56 Å². The van der Waals surface area contributed by atoms with Gasteiger partial charge in [0.1, 0.15) is 10.3 Å². The lowest BCUT2D eigenvalue weighted by Gasteiger charge is -2.15. The average molecular weight is 310 g/mol. The third-order valence-electron chi connectivity index (χ3n) is 2.67. The summed E-state index contributed by atoms with van der Waals surface area (Å²) in [4.78, 5) is 12.4. The first kappa shape index (κ1) is 14.7. The molecule has 0 fully saturated rings. The minimum absolute atomic E-state index is 0.164. The summed E-state index contributed by atoms with van der Waals surface area (Å²) < 4.78 is 27.0. The molecule has 1 aromatic heterocycles. The van der Waals surface area contributed by atoms with Crippen LogP contribution in [0.15, 0.2) is 46.7 Å². The van der Waals surface area contributed by atoms with Crippen LogP contribution in [0.4, 0.5) is 0 Å². The molecular weight excluding hydrogens is 296 g/mol. The highest BCUT2D eigenvalue weighted by Crippen LogP contribution is 2.23. The van der Waals surface area contributed by atoms with Gasteiger partial charge < -0.3 is 5.73 Å². The summed E-state index contributed by atoms with van der Waals surface area (Å²) in [6, 6.07) is 10.6. The van der Waals surface area contributed by atoms with Gasteiger partial charge in [-0.05, 0) is 24.6 Å². The van der Waals surface area contributed by atoms with Crippen molar-refractivity contribution in [3.8, 4) is 0 Å². The van der Waals surface area contributed by atoms with Crippen molar-refractivity contribution in [2.75, 3.05) is 0 Å². The molecule has 0 aliphatic heterocycles. The quantitative estimate of drug-likeness (QED) is 0.878. The van der Waals surface area contributed by atoms with Crippen molar-refractivity contribution in [3.05, 3.63) is 52.9 Å². The van der Waals surface area contributed by atoms with E-state index < -0.39 is 22.0 Å². The predicted octanol–water partition coefficient (Wildman–Crippen LogP) is 1.56. The second-order valence-electron chi connectivity index (χ2n) is 4.23. The summed E-state index contributed by atoms with van der Waals surface area (Å²) in [7, 11) is -3.76. The lowest BCUT2D eigenvalue weighted by atomic mass is 10.1. The second kappa shape index (κ2) is 5.74. The first-order chi connectivity index (χ1) is 9.40. The lowest BCUT2D eigenvalue weighted by Crippen LogP contribution is -2.37. The van der Waals surface area contributed by atoms with Crippen LogP contribution in [0, 0.1) is 6.92 Å². The molecule has 0 unspecified atom stereocenters. The van der Waals surface area contributed by atoms with Crippen LogP contribution >= 0.6 is 11.3 Å². The van der Waals surface area contributed by atoms with Gasteiger partial charge in [-0.2, -0.15) is 4.72 Å². The van der Waals surface area contributed by atoms with E-state index in [-0.39, 0.29) is 4.21 Å². The number of hydrogen-bond donors (Lipinski definition) is 2. The van der Waals surface area contributed by atoms with Crippen molar-refractivity contribution in [2.24, 2.45) is 5.73 Å². The molecule has 2 aromatic rings. The Morgan fingerprint density at radius 2 is 1.85 bits per heavy atom. The zero-order valence-corrected chi connectivity index (χ0v) is 12.4. The molecule has 1 aromatic carbocycles. The van der Waals surface area contributed by atoms with Crippen molar-refractivity contribution in [2.45, 2.75) is 17.2 Å². The van der Waals surface area contributed by atoms with Gasteiger partial charge in [0.25, 0.3) is 10.0 Å². The first-order valence-corrected chi connectivity index (χ1v) is 8.13. The maximum absolute atomic E-state index is 12.2. The van der Waals surface area contributed by atoms with Crippen molar-refractivity contribution < 1.29 is 13.2 Å². The molecule has 0 bridgehead atoms. The normalized spacial score (nSPS) is 13.1. The maximum Gasteiger partial charge on any atom is 0.251 e. The van der Waals surface area contributed by atoms with E-state index >= 15 is 0 Å². The molecule has 106 valence electrons. The predicted molar refractivity (Wildman–Crippen MR) is 77.8 cm³/mol. The van der Waals surface area contributed by atoms with Gasteiger partial charge in [0, 0.05) is 4.88 Å². The molecule has 0 spiro atoms. The molecule has 3 N–H and O–H groups in total. The number of carbonyl (C=O) groups is 1. The molecule has 20 heavy (non-hydrogen) atoms. The van der Waals surface area contributed by atoms with Crippen LogP contribution in [0.1, 0.15) is 16.5 Å². The number of nitrogens with one attached hydrogen (secondary N) is 1. The minimum Gasteiger partial charge on any atom is -0.368 e. The number of aryl methyl sites for hydroxylation is 1. The fraction of sp³-hybridized carbons (Fsp3) is 0.154. The Morgan fingerprint density at radius 3 is 2.35 bits per heavy atom. The molecule has 0 aliphatic rings. The lowest BCUT2D eigenvalue weighted by molar-refractivity contribution is -0.119. The number of benzene rings is 1. The van der Waals surface area contributed by atoms with Crippen molar-refractivity contribution in [1.29, 1.82) is 0 Å². The first-order valence-electron chi connectivity index (χ1n) is 5.83. The topological polar surface area (TPSA) is 89.3 Å². The van der Waals surface area contributed by atoms with Gasteiger partial charge in [0.05, 0.1) is 0 Å². The number of primary amides is 1. The SMILES string of the molecule is Cc1ccc(S(=O)(=O)N[C@H](C(N)=O)c2ccccc2)s1. The van der Waals surface area contributed by atoms with Gasteiger partial charge in [-0.3, -0.25) is 4.79 Å². The number of thiophene rings is 1. The number of amides is 1. The minimum atomic E-state index is -3.76. The van der Waals surface area contributed by atoms with Crippen LogP contribution in [-0.2, 0) is 14.8 Å². The molecule has 5 nitrogen and oxygen atoms in total. The van der Waals surface area contributed by atoms with E-state index in [0.717, 1.165) is 16.2 Å². The fourth-order valence-corrected chi connectivity index (χ4v) is 4.20. The van der Waals surface area contributed by atoms with E-state index in [2.05, 4.69) is 4.72 Å². The monoisotopic (exact) mass is 310 g/mol. The van der Waals surface area contributed by atoms with E-state index in [1.54, 1.807) is 36.4 Å². The van der Waals surface area contributed by atoms with Gasteiger partial charge in [-0.15, -0.1) is 11.3 Å². The zero-order valence-electron chi connectivity index (χ0n) is 10.7. The average Bonchev–Trinajstić information content (AvgIpc) is 2.84. The van der Waals surface area contributed by atoms with Crippen molar-refractivity contribution in [1.82, 2.24) is 4.72 Å². The van der Waals surface area contributed by atoms with Gasteiger partial charge in [0.2, 0.25) is 5.91 Å². The van der Waals surface area contributed by atoms with Crippen LogP contribution < -0.4 is 10.5 Å². The third-order valence-corrected chi connectivity index (χ3v) is 5.59. The highest BCUT2D eigenvalue weighted by atomic mass is 32.2. The summed E-state index contributed by atoms with van der Waals surface area (Å²) in [5.74, 6) is -0.743. The van der Waals surface area contributed by atoms with Gasteiger partial charge in [-0.25, -0.2) is 8.42 Å². The molecule has 1 heterocycles. The number of hydrogen-bond acceptors (Lipinski definition) is 4. The summed E-state index contributed by atoms with van der Waals surface area (Å²) in [5.41, 5.74) is 5.81. The Labute approximate surface area is 121 Å².